The lowest BCUT2D eigenvalue weighted by Crippen LogP contribution is -2.24. The summed E-state index contributed by atoms with van der Waals surface area (Å²) in [4.78, 5) is 32.2. The van der Waals surface area contributed by atoms with Crippen molar-refractivity contribution in [2.75, 3.05) is 18.5 Å². The van der Waals surface area contributed by atoms with Gasteiger partial charge in [-0.3, -0.25) is 9.59 Å². The summed E-state index contributed by atoms with van der Waals surface area (Å²) in [5.74, 6) is -0.855. The minimum atomic E-state index is -4.49. The van der Waals surface area contributed by atoms with Gasteiger partial charge in [0.1, 0.15) is 5.82 Å². The van der Waals surface area contributed by atoms with E-state index in [1.165, 1.54) is 30.5 Å². The van der Waals surface area contributed by atoms with E-state index in [0.717, 1.165) is 0 Å². The average Bonchev–Trinajstić information content (AvgIpc) is 2.71. The smallest absolute Gasteiger partial charge is 0.422 e. The van der Waals surface area contributed by atoms with Gasteiger partial charge in [-0.25, -0.2) is 4.98 Å². The van der Waals surface area contributed by atoms with Gasteiger partial charge in [0.15, 0.2) is 6.61 Å². The number of halogens is 3. The Labute approximate surface area is 177 Å². The van der Waals surface area contributed by atoms with Crippen LogP contribution >= 0.6 is 0 Å². The Morgan fingerprint density at radius 2 is 1.90 bits per heavy atom. The molecule has 0 aliphatic rings. The van der Waals surface area contributed by atoms with Crippen LogP contribution in [0.15, 0.2) is 30.5 Å². The van der Waals surface area contributed by atoms with Crippen LogP contribution in [0, 0.1) is 5.92 Å². The summed E-state index contributed by atoms with van der Waals surface area (Å²) in [6.07, 6.45) is -3.09. The van der Waals surface area contributed by atoms with Crippen LogP contribution in [0.4, 0.5) is 19.0 Å². The topological polar surface area (TPSA) is 102 Å². The quantitative estimate of drug-likeness (QED) is 0.620. The number of alkyl halides is 3. The van der Waals surface area contributed by atoms with Crippen LogP contribution in [0.1, 0.15) is 36.7 Å². The SMILES string of the molecule is CCOc1nc(OCC(F)(F)F)ccc1CNC(=O)c1ccnc(NC(=O)C(C)C)c1. The van der Waals surface area contributed by atoms with Gasteiger partial charge in [0.2, 0.25) is 17.7 Å². The van der Waals surface area contributed by atoms with Crippen LogP contribution in [0.5, 0.6) is 11.8 Å². The van der Waals surface area contributed by atoms with Crippen LogP contribution in [-0.2, 0) is 11.3 Å². The molecule has 31 heavy (non-hydrogen) atoms. The summed E-state index contributed by atoms with van der Waals surface area (Å²) in [5, 5.41) is 5.28. The number of hydrogen-bond donors (Lipinski definition) is 2. The van der Waals surface area contributed by atoms with Crippen LogP contribution in [0.25, 0.3) is 0 Å². The molecule has 0 aliphatic carbocycles. The number of anilines is 1. The molecule has 2 aromatic rings. The number of aromatic nitrogens is 2. The first-order valence-electron chi connectivity index (χ1n) is 9.46. The average molecular weight is 440 g/mol. The van der Waals surface area contributed by atoms with Gasteiger partial charge in [-0.1, -0.05) is 13.8 Å². The van der Waals surface area contributed by atoms with E-state index >= 15 is 0 Å². The van der Waals surface area contributed by atoms with E-state index in [2.05, 4.69) is 25.3 Å². The summed E-state index contributed by atoms with van der Waals surface area (Å²) in [6, 6.07) is 5.65. The maximum Gasteiger partial charge on any atom is 0.422 e. The highest BCUT2D eigenvalue weighted by Crippen LogP contribution is 2.23. The van der Waals surface area contributed by atoms with Crippen molar-refractivity contribution in [2.24, 2.45) is 5.92 Å². The van der Waals surface area contributed by atoms with Crippen molar-refractivity contribution in [2.45, 2.75) is 33.5 Å². The molecule has 0 radical (unpaired) electrons. The molecule has 0 saturated carbocycles. The number of carbonyl (C=O) groups is 2. The second kappa shape index (κ2) is 10.6. The van der Waals surface area contributed by atoms with Crippen molar-refractivity contribution in [1.82, 2.24) is 15.3 Å². The Morgan fingerprint density at radius 1 is 1.16 bits per heavy atom. The zero-order valence-electron chi connectivity index (χ0n) is 17.2. The molecule has 2 amide bonds. The minimum Gasteiger partial charge on any atom is -0.478 e. The van der Waals surface area contributed by atoms with Crippen molar-refractivity contribution in [3.8, 4) is 11.8 Å². The molecule has 11 heteroatoms. The molecule has 168 valence electrons. The molecule has 2 aromatic heterocycles. The molecule has 0 aromatic carbocycles. The van der Waals surface area contributed by atoms with Gasteiger partial charge in [0.05, 0.1) is 6.61 Å². The van der Waals surface area contributed by atoms with E-state index < -0.39 is 18.7 Å². The van der Waals surface area contributed by atoms with Crippen molar-refractivity contribution in [1.29, 1.82) is 0 Å². The fourth-order valence-electron chi connectivity index (χ4n) is 2.27. The second-order valence-electron chi connectivity index (χ2n) is 6.71. The largest absolute Gasteiger partial charge is 0.478 e. The number of pyridine rings is 2. The molecule has 0 fully saturated rings. The first-order chi connectivity index (χ1) is 14.6. The predicted molar refractivity (Wildman–Crippen MR) is 106 cm³/mol. The Bertz CT molecular complexity index is 920. The number of nitrogens with zero attached hydrogens (tertiary/aromatic N) is 2. The van der Waals surface area contributed by atoms with Crippen molar-refractivity contribution in [3.05, 3.63) is 41.6 Å². The number of carbonyl (C=O) groups excluding carboxylic acids is 2. The standard InChI is InChI=1S/C20H23F3N4O4/c1-4-30-19-14(5-6-16(27-19)31-11-20(21,22)23)10-25-18(29)13-7-8-24-15(9-13)26-17(28)12(2)3/h5-9,12H,4,10-11H2,1-3H3,(H,25,29)(H,24,26,28). The van der Waals surface area contributed by atoms with E-state index in [-0.39, 0.29) is 48.1 Å². The fourth-order valence-corrected chi connectivity index (χ4v) is 2.27. The molecule has 0 atom stereocenters. The number of hydrogen-bond acceptors (Lipinski definition) is 6. The Balaban J connectivity index is 2.06. The van der Waals surface area contributed by atoms with Crippen LogP contribution in [-0.4, -0.2) is 41.2 Å². The summed E-state index contributed by atoms with van der Waals surface area (Å²) >= 11 is 0. The van der Waals surface area contributed by atoms with Gasteiger partial charge in [-0.2, -0.15) is 18.2 Å². The molecule has 2 heterocycles. The van der Waals surface area contributed by atoms with Gasteiger partial charge in [0, 0.05) is 35.9 Å². The van der Waals surface area contributed by atoms with Gasteiger partial charge in [-0.05, 0) is 25.1 Å². The van der Waals surface area contributed by atoms with Crippen LogP contribution in [0.3, 0.4) is 0 Å². The van der Waals surface area contributed by atoms with E-state index in [1.54, 1.807) is 20.8 Å². The molecular weight excluding hydrogens is 417 g/mol. The summed E-state index contributed by atoms with van der Waals surface area (Å²) in [6.45, 7) is 3.91. The highest BCUT2D eigenvalue weighted by Gasteiger charge is 2.28. The van der Waals surface area contributed by atoms with E-state index in [1.807, 2.05) is 0 Å². The zero-order chi connectivity index (χ0) is 23.0. The fraction of sp³-hybridized carbons (Fsp3) is 0.400. The molecule has 0 aliphatic heterocycles. The Hall–Kier alpha value is -3.37. The molecule has 0 unspecified atom stereocenters. The maximum absolute atomic E-state index is 12.5. The molecule has 2 N–H and O–H groups in total. The molecule has 8 nitrogen and oxygen atoms in total. The molecule has 0 bridgehead atoms. The van der Waals surface area contributed by atoms with Crippen molar-refractivity contribution in [3.63, 3.8) is 0 Å². The third kappa shape index (κ3) is 7.76. The lowest BCUT2D eigenvalue weighted by atomic mass is 10.2. The minimum absolute atomic E-state index is 0.0106. The zero-order valence-corrected chi connectivity index (χ0v) is 17.2. The number of amides is 2. The number of rotatable bonds is 9. The molecule has 2 rings (SSSR count). The Morgan fingerprint density at radius 3 is 2.55 bits per heavy atom. The maximum atomic E-state index is 12.5. The lowest BCUT2D eigenvalue weighted by molar-refractivity contribution is -0.154. The first kappa shape index (κ1) is 23.9. The second-order valence-corrected chi connectivity index (χ2v) is 6.71. The lowest BCUT2D eigenvalue weighted by Gasteiger charge is -2.13. The normalized spacial score (nSPS) is 11.2. The van der Waals surface area contributed by atoms with Gasteiger partial charge < -0.3 is 20.1 Å². The van der Waals surface area contributed by atoms with E-state index in [9.17, 15) is 22.8 Å². The monoisotopic (exact) mass is 440 g/mol. The molecular formula is C20H23F3N4O4. The highest BCUT2D eigenvalue weighted by molar-refractivity contribution is 5.96. The summed E-state index contributed by atoms with van der Waals surface area (Å²) < 4.78 is 46.9. The third-order valence-corrected chi connectivity index (χ3v) is 3.82. The van der Waals surface area contributed by atoms with E-state index in [4.69, 9.17) is 4.74 Å². The van der Waals surface area contributed by atoms with Crippen LogP contribution < -0.4 is 20.1 Å². The van der Waals surface area contributed by atoms with Crippen molar-refractivity contribution < 1.29 is 32.2 Å². The molecule has 0 saturated heterocycles. The number of ether oxygens (including phenoxy) is 2. The molecule has 0 spiro atoms. The first-order valence-corrected chi connectivity index (χ1v) is 9.46. The van der Waals surface area contributed by atoms with Crippen molar-refractivity contribution >= 4 is 17.6 Å². The summed E-state index contributed by atoms with van der Waals surface area (Å²) in [7, 11) is 0. The van der Waals surface area contributed by atoms with Gasteiger partial charge >= 0.3 is 6.18 Å². The van der Waals surface area contributed by atoms with Gasteiger partial charge in [0.25, 0.3) is 5.91 Å². The Kier molecular flexibility index (Phi) is 8.17. The van der Waals surface area contributed by atoms with Crippen LogP contribution in [0.2, 0.25) is 0 Å². The third-order valence-electron chi connectivity index (χ3n) is 3.82. The highest BCUT2D eigenvalue weighted by atomic mass is 19.4. The summed E-state index contributed by atoms with van der Waals surface area (Å²) in [5.41, 5.74) is 0.724. The van der Waals surface area contributed by atoms with E-state index in [0.29, 0.717) is 5.56 Å². The number of nitrogens with one attached hydrogen (secondary N) is 2. The van der Waals surface area contributed by atoms with Gasteiger partial charge in [-0.15, -0.1) is 0 Å². The predicted octanol–water partition coefficient (Wildman–Crippen LogP) is 3.34.